The van der Waals surface area contributed by atoms with Gasteiger partial charge >= 0.3 is 0 Å². The maximum atomic E-state index is 14.4. The molecule has 3 heterocycles. The van der Waals surface area contributed by atoms with Crippen molar-refractivity contribution in [3.05, 3.63) is 71.2 Å². The van der Waals surface area contributed by atoms with Gasteiger partial charge in [-0.3, -0.25) is 0 Å². The van der Waals surface area contributed by atoms with Crippen LogP contribution in [-0.2, 0) is 23.5 Å². The summed E-state index contributed by atoms with van der Waals surface area (Å²) in [6, 6.07) is 10.4. The van der Waals surface area contributed by atoms with E-state index in [-0.39, 0.29) is 30.4 Å². The Labute approximate surface area is 217 Å². The fourth-order valence-corrected chi connectivity index (χ4v) is 5.57. The zero-order valence-electron chi connectivity index (χ0n) is 20.5. The van der Waals surface area contributed by atoms with E-state index in [2.05, 4.69) is 19.9 Å². The van der Waals surface area contributed by atoms with E-state index in [4.69, 9.17) is 6.57 Å². The number of hydrogen-bond donors (Lipinski definition) is 1. The highest BCUT2D eigenvalue weighted by atomic mass is 32.2. The number of fused-ring (bicyclic) bond motifs is 1. The van der Waals surface area contributed by atoms with Gasteiger partial charge in [0.25, 0.3) is 0 Å². The standard InChI is InChI=1S/C25H23F2N7O3S/c1-28-23-17(12-19(35)20(26)21(23)27)22-18-13-29-25(30-24(18)32(2)31-22)34-10-9-33(38(3,36)37)14-16(34)11-15-7-5-4-6-8-15/h4-8,12-13,16,35H,9-11,14H2,2-3H3/t16-/m1/s1. The van der Waals surface area contributed by atoms with Crippen LogP contribution in [0.4, 0.5) is 20.4 Å². The highest BCUT2D eigenvalue weighted by molar-refractivity contribution is 7.88. The number of rotatable bonds is 5. The fraction of sp³-hybridized carbons (Fsp3) is 0.280. The number of halogens is 2. The Morgan fingerprint density at radius 2 is 1.92 bits per heavy atom. The molecule has 0 radical (unpaired) electrons. The van der Waals surface area contributed by atoms with Gasteiger partial charge in [0.1, 0.15) is 0 Å². The number of sulfonamides is 1. The second kappa shape index (κ2) is 9.62. The summed E-state index contributed by atoms with van der Waals surface area (Å²) in [6.07, 6.45) is 3.23. The van der Waals surface area contributed by atoms with E-state index >= 15 is 0 Å². The van der Waals surface area contributed by atoms with Crippen molar-refractivity contribution >= 4 is 32.7 Å². The minimum absolute atomic E-state index is 0.0814. The van der Waals surface area contributed by atoms with Crippen molar-refractivity contribution in [2.45, 2.75) is 12.5 Å². The molecule has 13 heteroatoms. The lowest BCUT2D eigenvalue weighted by molar-refractivity contribution is 0.330. The third-order valence-corrected chi connectivity index (χ3v) is 7.85. The Hall–Kier alpha value is -4.15. The first-order valence-corrected chi connectivity index (χ1v) is 13.5. The van der Waals surface area contributed by atoms with Gasteiger partial charge in [0, 0.05) is 44.5 Å². The second-order valence-electron chi connectivity index (χ2n) is 9.07. The molecule has 1 N–H and O–H groups in total. The van der Waals surface area contributed by atoms with E-state index in [1.807, 2.05) is 35.2 Å². The molecule has 0 saturated carbocycles. The Balaban J connectivity index is 1.57. The first-order chi connectivity index (χ1) is 18.1. The van der Waals surface area contributed by atoms with Gasteiger partial charge in [-0.25, -0.2) is 31.7 Å². The van der Waals surface area contributed by atoms with Crippen LogP contribution in [-0.4, -0.2) is 69.5 Å². The lowest BCUT2D eigenvalue weighted by Crippen LogP contribution is -2.56. The maximum absolute atomic E-state index is 14.4. The molecule has 2 aromatic carbocycles. The van der Waals surface area contributed by atoms with Crippen molar-refractivity contribution in [1.29, 1.82) is 0 Å². The lowest BCUT2D eigenvalue weighted by Gasteiger charge is -2.40. The monoisotopic (exact) mass is 539 g/mol. The van der Waals surface area contributed by atoms with Crippen LogP contribution < -0.4 is 4.90 Å². The number of aromatic hydroxyl groups is 1. The molecular formula is C25H23F2N7O3S. The number of nitrogens with zero attached hydrogens (tertiary/aromatic N) is 7. The number of phenolic OH excluding ortho intramolecular Hbond substituents is 1. The van der Waals surface area contributed by atoms with Crippen LogP contribution in [0, 0.1) is 18.2 Å². The van der Waals surface area contributed by atoms with Crippen molar-refractivity contribution in [3.8, 4) is 17.0 Å². The van der Waals surface area contributed by atoms with E-state index in [9.17, 15) is 22.3 Å². The quantitative estimate of drug-likeness (QED) is 0.388. The van der Waals surface area contributed by atoms with Crippen molar-refractivity contribution in [3.63, 3.8) is 0 Å². The van der Waals surface area contributed by atoms with Gasteiger partial charge in [0.05, 0.1) is 23.9 Å². The van der Waals surface area contributed by atoms with E-state index in [1.54, 1.807) is 7.05 Å². The molecule has 1 atom stereocenters. The number of aryl methyl sites for hydroxylation is 1. The summed E-state index contributed by atoms with van der Waals surface area (Å²) in [7, 11) is -1.78. The Morgan fingerprint density at radius 3 is 2.61 bits per heavy atom. The normalized spacial score (nSPS) is 16.6. The second-order valence-corrected chi connectivity index (χ2v) is 11.1. The summed E-state index contributed by atoms with van der Waals surface area (Å²) >= 11 is 0. The van der Waals surface area contributed by atoms with Crippen molar-refractivity contribution < 1.29 is 22.3 Å². The molecule has 196 valence electrons. The molecule has 38 heavy (non-hydrogen) atoms. The van der Waals surface area contributed by atoms with Gasteiger partial charge in [0.15, 0.2) is 23.0 Å². The highest BCUT2D eigenvalue weighted by Crippen LogP contribution is 2.40. The van der Waals surface area contributed by atoms with Crippen molar-refractivity contribution in [2.75, 3.05) is 30.8 Å². The third kappa shape index (κ3) is 4.52. The van der Waals surface area contributed by atoms with Crippen LogP contribution in [0.2, 0.25) is 0 Å². The summed E-state index contributed by atoms with van der Waals surface area (Å²) in [5.41, 5.74) is 0.837. The first kappa shape index (κ1) is 25.5. The van der Waals surface area contributed by atoms with Gasteiger partial charge in [0.2, 0.25) is 21.7 Å². The predicted molar refractivity (Wildman–Crippen MR) is 137 cm³/mol. The van der Waals surface area contributed by atoms with Crippen LogP contribution in [0.1, 0.15) is 5.56 Å². The van der Waals surface area contributed by atoms with Gasteiger partial charge in [-0.15, -0.1) is 0 Å². The highest BCUT2D eigenvalue weighted by Gasteiger charge is 2.33. The molecular weight excluding hydrogens is 516 g/mol. The number of piperazine rings is 1. The van der Waals surface area contributed by atoms with E-state index in [1.165, 1.54) is 21.4 Å². The molecule has 0 spiro atoms. The van der Waals surface area contributed by atoms with Crippen LogP contribution in [0.15, 0.2) is 42.6 Å². The van der Waals surface area contributed by atoms with Gasteiger partial charge in [-0.05, 0) is 18.1 Å². The van der Waals surface area contributed by atoms with Crippen molar-refractivity contribution in [2.24, 2.45) is 7.05 Å². The van der Waals surface area contributed by atoms with Gasteiger partial charge in [-0.1, -0.05) is 30.3 Å². The van der Waals surface area contributed by atoms with E-state index < -0.39 is 33.1 Å². The average Bonchev–Trinajstić information content (AvgIpc) is 3.22. The summed E-state index contributed by atoms with van der Waals surface area (Å²) in [6.45, 7) is 8.20. The molecule has 0 unspecified atom stereocenters. The Bertz CT molecular complexity index is 1690. The maximum Gasteiger partial charge on any atom is 0.234 e. The molecule has 4 aromatic rings. The molecule has 0 bridgehead atoms. The molecule has 0 aliphatic carbocycles. The molecule has 0 amide bonds. The van der Waals surface area contributed by atoms with Crippen molar-refractivity contribution in [1.82, 2.24) is 24.1 Å². The molecule has 1 saturated heterocycles. The smallest absolute Gasteiger partial charge is 0.234 e. The lowest BCUT2D eigenvalue weighted by atomic mass is 10.0. The van der Waals surface area contributed by atoms with Crippen LogP contribution in [0.25, 0.3) is 27.1 Å². The van der Waals surface area contributed by atoms with E-state index in [0.29, 0.717) is 29.9 Å². The fourth-order valence-electron chi connectivity index (χ4n) is 4.71. The summed E-state index contributed by atoms with van der Waals surface area (Å²) < 4.78 is 55.7. The number of aromatic nitrogens is 4. The average molecular weight is 540 g/mol. The van der Waals surface area contributed by atoms with Crippen LogP contribution in [0.5, 0.6) is 5.75 Å². The zero-order chi connectivity index (χ0) is 27.2. The summed E-state index contributed by atoms with van der Waals surface area (Å²) in [5, 5.41) is 14.6. The van der Waals surface area contributed by atoms with Gasteiger partial charge < -0.3 is 10.0 Å². The summed E-state index contributed by atoms with van der Waals surface area (Å²) in [5.74, 6) is -3.54. The molecule has 1 aliphatic rings. The Morgan fingerprint density at radius 1 is 1.18 bits per heavy atom. The SMILES string of the molecule is [C-]#[N+]c1c(-c2nn(C)c3nc(N4CCN(S(C)(=O)=O)C[C@H]4Cc4ccccc4)ncc23)cc(O)c(F)c1F. The first-order valence-electron chi connectivity index (χ1n) is 11.6. The molecule has 2 aromatic heterocycles. The topological polar surface area (TPSA) is 109 Å². The predicted octanol–water partition coefficient (Wildman–Crippen LogP) is 3.26. The number of phenols is 1. The minimum Gasteiger partial charge on any atom is -0.505 e. The third-order valence-electron chi connectivity index (χ3n) is 6.58. The molecule has 5 rings (SSSR count). The number of anilines is 1. The number of hydrogen-bond acceptors (Lipinski definition) is 7. The van der Waals surface area contributed by atoms with Crippen LogP contribution >= 0.6 is 0 Å². The van der Waals surface area contributed by atoms with Crippen LogP contribution in [0.3, 0.4) is 0 Å². The largest absolute Gasteiger partial charge is 0.505 e. The molecule has 1 fully saturated rings. The molecule has 10 nitrogen and oxygen atoms in total. The minimum atomic E-state index is -3.39. The Kier molecular flexibility index (Phi) is 6.46. The zero-order valence-corrected chi connectivity index (χ0v) is 21.3. The number of benzene rings is 2. The summed E-state index contributed by atoms with van der Waals surface area (Å²) in [4.78, 5) is 14.3. The molecule has 1 aliphatic heterocycles. The van der Waals surface area contributed by atoms with Gasteiger partial charge in [-0.2, -0.15) is 14.4 Å². The van der Waals surface area contributed by atoms with E-state index in [0.717, 1.165) is 11.6 Å².